The van der Waals surface area contributed by atoms with E-state index in [2.05, 4.69) is 25.8 Å². The molecule has 0 radical (unpaired) electrons. The summed E-state index contributed by atoms with van der Waals surface area (Å²) in [6.45, 7) is 1.15. The Morgan fingerprint density at radius 1 is 1.12 bits per heavy atom. The minimum absolute atomic E-state index is 0.0189. The molecule has 3 amide bonds. The van der Waals surface area contributed by atoms with E-state index in [1.165, 1.54) is 24.3 Å². The van der Waals surface area contributed by atoms with Crippen molar-refractivity contribution >= 4 is 34.7 Å². The molecular weight excluding hydrogens is 447 g/mol. The molecule has 2 aromatic heterocycles. The zero-order chi connectivity index (χ0) is 23.2. The molecule has 0 bridgehead atoms. The highest BCUT2D eigenvalue weighted by molar-refractivity contribution is 7.15. The maximum Gasteiger partial charge on any atom is 0.286 e. The van der Waals surface area contributed by atoms with E-state index >= 15 is 0 Å². The Balaban J connectivity index is 1.33. The molecule has 3 heterocycles. The summed E-state index contributed by atoms with van der Waals surface area (Å²) in [5.41, 5.74) is 1.30. The van der Waals surface area contributed by atoms with Gasteiger partial charge in [0.05, 0.1) is 5.92 Å². The second-order valence-corrected chi connectivity index (χ2v) is 8.52. The van der Waals surface area contributed by atoms with Gasteiger partial charge in [-0.3, -0.25) is 19.4 Å². The van der Waals surface area contributed by atoms with Gasteiger partial charge in [-0.05, 0) is 48.7 Å². The zero-order valence-corrected chi connectivity index (χ0v) is 18.3. The average Bonchev–Trinajstić information content (AvgIpc) is 3.35. The second kappa shape index (κ2) is 10.3. The van der Waals surface area contributed by atoms with Gasteiger partial charge in [-0.25, -0.2) is 4.39 Å². The summed E-state index contributed by atoms with van der Waals surface area (Å²) in [4.78, 5) is 43.4. The van der Waals surface area contributed by atoms with Crippen LogP contribution in [0.5, 0.6) is 0 Å². The fourth-order valence-electron chi connectivity index (χ4n) is 3.47. The third-order valence-electron chi connectivity index (χ3n) is 5.17. The number of nitrogens with one attached hydrogen (secondary N) is 2. The third kappa shape index (κ3) is 5.75. The van der Waals surface area contributed by atoms with Crippen LogP contribution in [-0.4, -0.2) is 50.9 Å². The molecule has 1 saturated heterocycles. The number of nitrogens with zero attached hydrogens (tertiary/aromatic N) is 4. The molecule has 1 aliphatic heterocycles. The van der Waals surface area contributed by atoms with E-state index in [1.54, 1.807) is 23.4 Å². The molecule has 4 rings (SSSR count). The fraction of sp³-hybridized carbons (Fsp3) is 0.273. The predicted octanol–water partition coefficient (Wildman–Crippen LogP) is 2.49. The monoisotopic (exact) mass is 468 g/mol. The summed E-state index contributed by atoms with van der Waals surface area (Å²) >= 11 is 0.875. The van der Waals surface area contributed by atoms with Crippen LogP contribution in [0.1, 0.15) is 38.0 Å². The van der Waals surface area contributed by atoms with Crippen molar-refractivity contribution in [1.82, 2.24) is 25.4 Å². The van der Waals surface area contributed by atoms with Crippen LogP contribution in [0.3, 0.4) is 0 Å². The number of hydrogen-bond acceptors (Lipinski definition) is 7. The molecule has 33 heavy (non-hydrogen) atoms. The smallest absolute Gasteiger partial charge is 0.286 e. The molecule has 0 aliphatic carbocycles. The highest BCUT2D eigenvalue weighted by atomic mass is 32.1. The first-order chi connectivity index (χ1) is 16.0. The molecule has 0 saturated carbocycles. The number of anilines is 1. The summed E-state index contributed by atoms with van der Waals surface area (Å²) < 4.78 is 13.0. The molecule has 0 unspecified atom stereocenters. The van der Waals surface area contributed by atoms with Gasteiger partial charge in [0.2, 0.25) is 15.9 Å². The van der Waals surface area contributed by atoms with Gasteiger partial charge in [0.25, 0.3) is 11.8 Å². The lowest BCUT2D eigenvalue weighted by Crippen LogP contribution is -2.45. The van der Waals surface area contributed by atoms with E-state index in [4.69, 9.17) is 0 Å². The van der Waals surface area contributed by atoms with E-state index in [1.807, 2.05) is 6.07 Å². The predicted molar refractivity (Wildman–Crippen MR) is 119 cm³/mol. The summed E-state index contributed by atoms with van der Waals surface area (Å²) in [7, 11) is 0. The van der Waals surface area contributed by atoms with E-state index in [0.717, 1.165) is 16.9 Å². The van der Waals surface area contributed by atoms with Crippen LogP contribution in [-0.2, 0) is 11.3 Å². The Labute approximate surface area is 193 Å². The zero-order valence-electron chi connectivity index (χ0n) is 17.5. The van der Waals surface area contributed by atoms with Crippen molar-refractivity contribution in [3.63, 3.8) is 0 Å². The molecule has 170 valence electrons. The summed E-state index contributed by atoms with van der Waals surface area (Å²) in [6.07, 6.45) is 4.73. The van der Waals surface area contributed by atoms with E-state index in [0.29, 0.717) is 31.6 Å². The SMILES string of the molecule is O=C(Nc1ccc(F)cc1)c1nnc(C(=O)N2CCC[C@H](C(=O)NCc3cccnc3)C2)s1. The van der Waals surface area contributed by atoms with Crippen molar-refractivity contribution in [1.29, 1.82) is 0 Å². The summed E-state index contributed by atoms with van der Waals surface area (Å²) in [5.74, 6) is -1.76. The molecule has 11 heteroatoms. The molecule has 9 nitrogen and oxygen atoms in total. The van der Waals surface area contributed by atoms with Crippen molar-refractivity contribution < 1.29 is 18.8 Å². The Hall–Kier alpha value is -3.73. The highest BCUT2D eigenvalue weighted by Crippen LogP contribution is 2.21. The maximum atomic E-state index is 13.0. The molecule has 1 atom stereocenters. The maximum absolute atomic E-state index is 13.0. The fourth-order valence-corrected chi connectivity index (χ4v) is 4.17. The number of benzene rings is 1. The van der Waals surface area contributed by atoms with Crippen molar-refractivity contribution in [2.75, 3.05) is 18.4 Å². The topological polar surface area (TPSA) is 117 Å². The first-order valence-electron chi connectivity index (χ1n) is 10.4. The molecule has 1 aliphatic rings. The molecule has 1 fully saturated rings. The Morgan fingerprint density at radius 2 is 1.91 bits per heavy atom. The van der Waals surface area contributed by atoms with Crippen LogP contribution in [0.2, 0.25) is 0 Å². The second-order valence-electron chi connectivity index (χ2n) is 7.54. The number of hydrogen-bond donors (Lipinski definition) is 2. The van der Waals surface area contributed by atoms with Gasteiger partial charge in [-0.1, -0.05) is 17.4 Å². The van der Waals surface area contributed by atoms with Crippen LogP contribution in [0, 0.1) is 11.7 Å². The van der Waals surface area contributed by atoms with Gasteiger partial charge in [0.15, 0.2) is 0 Å². The van der Waals surface area contributed by atoms with Gasteiger partial charge in [0.1, 0.15) is 5.82 Å². The Bertz CT molecular complexity index is 1140. The molecule has 1 aromatic carbocycles. The van der Waals surface area contributed by atoms with Crippen LogP contribution < -0.4 is 10.6 Å². The highest BCUT2D eigenvalue weighted by Gasteiger charge is 2.30. The number of aromatic nitrogens is 3. The van der Waals surface area contributed by atoms with Crippen molar-refractivity contribution in [3.8, 4) is 0 Å². The third-order valence-corrected chi connectivity index (χ3v) is 6.08. The number of rotatable bonds is 6. The lowest BCUT2D eigenvalue weighted by Gasteiger charge is -2.31. The van der Waals surface area contributed by atoms with Crippen LogP contribution in [0.15, 0.2) is 48.8 Å². The van der Waals surface area contributed by atoms with E-state index in [9.17, 15) is 18.8 Å². The number of halogens is 1. The van der Waals surface area contributed by atoms with Gasteiger partial charge in [0, 0.05) is 37.7 Å². The minimum atomic E-state index is -0.538. The summed E-state index contributed by atoms with van der Waals surface area (Å²) in [6, 6.07) is 8.98. The average molecular weight is 469 g/mol. The molecule has 2 N–H and O–H groups in total. The van der Waals surface area contributed by atoms with Gasteiger partial charge in [-0.2, -0.15) is 0 Å². The normalized spacial score (nSPS) is 15.7. The number of carbonyl (C=O) groups excluding carboxylic acids is 3. The van der Waals surface area contributed by atoms with E-state index < -0.39 is 11.7 Å². The standard InChI is InChI=1S/C22H21FN6O3S/c23-16-5-7-17(8-6-16)26-19(31)20-27-28-21(33-20)22(32)29-10-2-4-15(13-29)18(30)25-12-14-3-1-9-24-11-14/h1,3,5-9,11,15H,2,4,10,12-13H2,(H,25,30)(H,26,31)/t15-/m0/s1. The van der Waals surface area contributed by atoms with Crippen LogP contribution in [0.25, 0.3) is 0 Å². The first-order valence-corrected chi connectivity index (χ1v) is 11.2. The van der Waals surface area contributed by atoms with Crippen LogP contribution >= 0.6 is 11.3 Å². The summed E-state index contributed by atoms with van der Waals surface area (Å²) in [5, 5.41) is 13.3. The number of likely N-dealkylation sites (tertiary alicyclic amines) is 1. The lowest BCUT2D eigenvalue weighted by molar-refractivity contribution is -0.126. The largest absolute Gasteiger partial charge is 0.352 e. The van der Waals surface area contributed by atoms with Gasteiger partial charge >= 0.3 is 0 Å². The number of pyridine rings is 1. The van der Waals surface area contributed by atoms with Crippen molar-refractivity contribution in [2.24, 2.45) is 5.92 Å². The Morgan fingerprint density at radius 3 is 2.67 bits per heavy atom. The number of amides is 3. The van der Waals surface area contributed by atoms with Crippen LogP contribution in [0.4, 0.5) is 10.1 Å². The Kier molecular flexibility index (Phi) is 6.98. The minimum Gasteiger partial charge on any atom is -0.352 e. The van der Waals surface area contributed by atoms with Gasteiger partial charge < -0.3 is 15.5 Å². The van der Waals surface area contributed by atoms with Crippen molar-refractivity contribution in [3.05, 3.63) is 70.2 Å². The number of carbonyl (C=O) groups is 3. The van der Waals surface area contributed by atoms with Gasteiger partial charge in [-0.15, -0.1) is 10.2 Å². The molecular formula is C22H21FN6O3S. The first kappa shape index (κ1) is 22.5. The number of piperidine rings is 1. The van der Waals surface area contributed by atoms with E-state index in [-0.39, 0.29) is 34.3 Å². The van der Waals surface area contributed by atoms with Crippen molar-refractivity contribution in [2.45, 2.75) is 19.4 Å². The quantitative estimate of drug-likeness (QED) is 0.574. The molecule has 3 aromatic rings. The lowest BCUT2D eigenvalue weighted by atomic mass is 9.97. The molecule has 0 spiro atoms.